The van der Waals surface area contributed by atoms with E-state index in [0.29, 0.717) is 0 Å². The topological polar surface area (TPSA) is 41.0 Å². The van der Waals surface area contributed by atoms with Crippen molar-refractivity contribution in [3.05, 3.63) is 41.9 Å². The molecule has 2 aromatic rings. The highest BCUT2D eigenvalue weighted by Crippen LogP contribution is 2.37. The number of nitrogens with zero attached hydrogens (tertiary/aromatic N) is 3. The Bertz CT molecular complexity index is 723. The van der Waals surface area contributed by atoms with E-state index in [-0.39, 0.29) is 10.8 Å². The van der Waals surface area contributed by atoms with Gasteiger partial charge in [0.05, 0.1) is 12.9 Å². The van der Waals surface area contributed by atoms with Gasteiger partial charge in [0, 0.05) is 11.1 Å². The van der Waals surface area contributed by atoms with Gasteiger partial charge in [-0.05, 0) is 23.1 Å². The van der Waals surface area contributed by atoms with Crippen LogP contribution in [0.1, 0.15) is 52.9 Å². The summed E-state index contributed by atoms with van der Waals surface area (Å²) < 4.78 is 0. The average Bonchev–Trinajstić information content (AvgIpc) is 2.88. The van der Waals surface area contributed by atoms with Crippen LogP contribution in [-0.2, 0) is 10.8 Å². The Balaban J connectivity index is 1.97. The van der Waals surface area contributed by atoms with Crippen molar-refractivity contribution >= 4 is 17.2 Å². The molecular formula is C19H26N4. The number of hydrogen-bond donors (Lipinski definition) is 1. The van der Waals surface area contributed by atoms with Crippen molar-refractivity contribution in [3.8, 4) is 0 Å². The third-order valence-electron chi connectivity index (χ3n) is 4.16. The molecule has 0 aliphatic carbocycles. The van der Waals surface area contributed by atoms with Gasteiger partial charge in [0.2, 0.25) is 0 Å². The third kappa shape index (κ3) is 3.03. The maximum absolute atomic E-state index is 4.71. The molecule has 3 rings (SSSR count). The fraction of sp³-hybridized carbons (Fsp3) is 0.474. The van der Waals surface area contributed by atoms with Crippen molar-refractivity contribution in [1.82, 2.24) is 9.97 Å². The summed E-state index contributed by atoms with van der Waals surface area (Å²) in [5, 5.41) is 3.39. The van der Waals surface area contributed by atoms with Gasteiger partial charge in [-0.25, -0.2) is 9.97 Å². The van der Waals surface area contributed by atoms with Crippen molar-refractivity contribution in [2.45, 2.75) is 52.4 Å². The van der Waals surface area contributed by atoms with Crippen LogP contribution in [0.4, 0.5) is 17.2 Å². The van der Waals surface area contributed by atoms with E-state index in [1.807, 2.05) is 6.20 Å². The van der Waals surface area contributed by atoms with Crippen LogP contribution in [0.15, 0.2) is 30.5 Å². The van der Waals surface area contributed by atoms with E-state index in [4.69, 9.17) is 4.98 Å². The molecule has 0 radical (unpaired) electrons. The number of hydrogen-bond acceptors (Lipinski definition) is 4. The first-order valence-electron chi connectivity index (χ1n) is 8.16. The van der Waals surface area contributed by atoms with Gasteiger partial charge in [-0.2, -0.15) is 0 Å². The van der Waals surface area contributed by atoms with Gasteiger partial charge in [0.1, 0.15) is 11.5 Å². The minimum absolute atomic E-state index is 0.0454. The number of nitrogens with one attached hydrogen (secondary N) is 1. The second kappa shape index (κ2) is 5.22. The Morgan fingerprint density at radius 2 is 1.78 bits per heavy atom. The molecule has 1 aromatic heterocycles. The molecule has 0 bridgehead atoms. The van der Waals surface area contributed by atoms with Crippen molar-refractivity contribution in [3.63, 3.8) is 0 Å². The van der Waals surface area contributed by atoms with Crippen LogP contribution in [-0.4, -0.2) is 16.6 Å². The van der Waals surface area contributed by atoms with Gasteiger partial charge < -0.3 is 10.2 Å². The summed E-state index contributed by atoms with van der Waals surface area (Å²) in [6.45, 7) is 13.8. The highest BCUT2D eigenvalue weighted by atomic mass is 15.3. The van der Waals surface area contributed by atoms with Crippen molar-refractivity contribution < 1.29 is 0 Å². The predicted molar refractivity (Wildman–Crippen MR) is 96.5 cm³/mol. The van der Waals surface area contributed by atoms with Crippen LogP contribution in [0.5, 0.6) is 0 Å². The fourth-order valence-corrected chi connectivity index (χ4v) is 2.67. The SMILES string of the molecule is CC(C)(C)c1cccc(N2CNc3nc(C(C)(C)C)ncc32)c1. The minimum atomic E-state index is -0.0454. The molecule has 2 heterocycles. The van der Waals surface area contributed by atoms with E-state index in [1.165, 1.54) is 11.3 Å². The summed E-state index contributed by atoms with van der Waals surface area (Å²) in [5.41, 5.74) is 3.64. The Morgan fingerprint density at radius 1 is 1.04 bits per heavy atom. The van der Waals surface area contributed by atoms with Gasteiger partial charge >= 0.3 is 0 Å². The van der Waals surface area contributed by atoms with Crippen LogP contribution in [0, 0.1) is 0 Å². The number of fused-ring (bicyclic) bond motifs is 1. The monoisotopic (exact) mass is 310 g/mol. The normalized spacial score (nSPS) is 14.6. The molecule has 4 nitrogen and oxygen atoms in total. The average molecular weight is 310 g/mol. The maximum atomic E-state index is 4.71. The Labute approximate surface area is 139 Å². The Hall–Kier alpha value is -2.10. The quantitative estimate of drug-likeness (QED) is 0.836. The van der Waals surface area contributed by atoms with Gasteiger partial charge in [0.15, 0.2) is 5.82 Å². The van der Waals surface area contributed by atoms with Gasteiger partial charge in [-0.1, -0.05) is 53.7 Å². The molecule has 0 amide bonds. The summed E-state index contributed by atoms with van der Waals surface area (Å²) in [7, 11) is 0. The van der Waals surface area contributed by atoms with Crippen LogP contribution in [0.25, 0.3) is 0 Å². The second-order valence-electron chi connectivity index (χ2n) is 8.24. The zero-order chi connectivity index (χ0) is 16.8. The zero-order valence-corrected chi connectivity index (χ0v) is 14.9. The minimum Gasteiger partial charge on any atom is -0.350 e. The molecule has 0 atom stereocenters. The molecule has 4 heteroatoms. The molecule has 1 N–H and O–H groups in total. The lowest BCUT2D eigenvalue weighted by Crippen LogP contribution is -2.18. The van der Waals surface area contributed by atoms with Gasteiger partial charge in [-0.3, -0.25) is 0 Å². The lowest BCUT2D eigenvalue weighted by molar-refractivity contribution is 0.546. The van der Waals surface area contributed by atoms with E-state index in [9.17, 15) is 0 Å². The standard InChI is InChI=1S/C19H26N4/c1-18(2,3)13-8-7-9-14(10-13)23-12-21-16-15(23)11-20-17(22-16)19(4,5)6/h7-11H,12H2,1-6H3,(H,20,21,22). The smallest absolute Gasteiger partial charge is 0.155 e. The number of benzene rings is 1. The molecule has 0 saturated carbocycles. The van der Waals surface area contributed by atoms with E-state index in [0.717, 1.165) is 24.0 Å². The number of rotatable bonds is 1. The Morgan fingerprint density at radius 3 is 2.43 bits per heavy atom. The van der Waals surface area contributed by atoms with Crippen molar-refractivity contribution in [2.24, 2.45) is 0 Å². The molecule has 1 aliphatic rings. The molecule has 23 heavy (non-hydrogen) atoms. The van der Waals surface area contributed by atoms with Crippen molar-refractivity contribution in [2.75, 3.05) is 16.9 Å². The molecule has 0 fully saturated rings. The third-order valence-corrected chi connectivity index (χ3v) is 4.16. The van der Waals surface area contributed by atoms with E-state index >= 15 is 0 Å². The van der Waals surface area contributed by atoms with Crippen LogP contribution in [0.3, 0.4) is 0 Å². The molecule has 0 spiro atoms. The number of aromatic nitrogens is 2. The lowest BCUT2D eigenvalue weighted by Gasteiger charge is -2.23. The first-order chi connectivity index (χ1) is 10.7. The fourth-order valence-electron chi connectivity index (χ4n) is 2.67. The van der Waals surface area contributed by atoms with Crippen LogP contribution >= 0.6 is 0 Å². The summed E-state index contributed by atoms with van der Waals surface area (Å²) in [5.74, 6) is 1.79. The highest BCUT2D eigenvalue weighted by Gasteiger charge is 2.26. The van der Waals surface area contributed by atoms with E-state index in [1.54, 1.807) is 0 Å². The van der Waals surface area contributed by atoms with E-state index in [2.05, 4.69) is 81.0 Å². The van der Waals surface area contributed by atoms with Crippen LogP contribution in [0.2, 0.25) is 0 Å². The molecular weight excluding hydrogens is 284 g/mol. The first-order valence-corrected chi connectivity index (χ1v) is 8.16. The lowest BCUT2D eigenvalue weighted by atomic mass is 9.87. The summed E-state index contributed by atoms with van der Waals surface area (Å²) in [6, 6.07) is 8.71. The molecule has 1 aliphatic heterocycles. The number of anilines is 3. The molecule has 1 aromatic carbocycles. The van der Waals surface area contributed by atoms with E-state index < -0.39 is 0 Å². The predicted octanol–water partition coefficient (Wildman–Crippen LogP) is 4.59. The highest BCUT2D eigenvalue weighted by molar-refractivity contribution is 5.78. The largest absolute Gasteiger partial charge is 0.350 e. The summed E-state index contributed by atoms with van der Waals surface area (Å²) in [4.78, 5) is 11.5. The summed E-state index contributed by atoms with van der Waals surface area (Å²) in [6.07, 6.45) is 1.94. The molecule has 0 unspecified atom stereocenters. The van der Waals surface area contributed by atoms with Crippen molar-refractivity contribution in [1.29, 1.82) is 0 Å². The second-order valence-corrected chi connectivity index (χ2v) is 8.24. The Kier molecular flexibility index (Phi) is 3.58. The zero-order valence-electron chi connectivity index (χ0n) is 14.9. The van der Waals surface area contributed by atoms with Gasteiger partial charge in [0.25, 0.3) is 0 Å². The molecule has 122 valence electrons. The first kappa shape index (κ1) is 15.8. The maximum Gasteiger partial charge on any atom is 0.155 e. The van der Waals surface area contributed by atoms with Gasteiger partial charge in [-0.15, -0.1) is 0 Å². The van der Waals surface area contributed by atoms with Crippen LogP contribution < -0.4 is 10.2 Å². The summed E-state index contributed by atoms with van der Waals surface area (Å²) >= 11 is 0. The molecule has 0 saturated heterocycles.